The van der Waals surface area contributed by atoms with Crippen LogP contribution in [-0.2, 0) is 6.42 Å². The normalized spacial score (nSPS) is 10.2. The highest BCUT2D eigenvalue weighted by Gasteiger charge is 2.11. The first-order chi connectivity index (χ1) is 9.18. The third kappa shape index (κ3) is 3.37. The number of carbonyl (C=O) groups is 1. The average molecular weight is 258 g/mol. The van der Waals surface area contributed by atoms with Gasteiger partial charge in [0.05, 0.1) is 5.56 Å². The van der Waals surface area contributed by atoms with E-state index in [0.717, 1.165) is 6.42 Å². The van der Waals surface area contributed by atoms with E-state index in [1.165, 1.54) is 23.4 Å². The van der Waals surface area contributed by atoms with Gasteiger partial charge in [-0.3, -0.25) is 4.79 Å². The number of benzene rings is 1. The highest BCUT2D eigenvalue weighted by atomic mass is 19.1. The molecule has 0 bridgehead atoms. The van der Waals surface area contributed by atoms with Crippen molar-refractivity contribution in [2.24, 2.45) is 0 Å². The van der Waals surface area contributed by atoms with Crippen LogP contribution in [0.5, 0.6) is 0 Å². The van der Waals surface area contributed by atoms with Gasteiger partial charge >= 0.3 is 0 Å². The molecule has 3 nitrogen and oxygen atoms in total. The molecule has 1 N–H and O–H groups in total. The minimum Gasteiger partial charge on any atom is -0.352 e. The van der Waals surface area contributed by atoms with Crippen molar-refractivity contribution in [2.75, 3.05) is 6.54 Å². The van der Waals surface area contributed by atoms with Gasteiger partial charge in [-0.15, -0.1) is 0 Å². The molecule has 1 heterocycles. The summed E-state index contributed by atoms with van der Waals surface area (Å²) in [4.78, 5) is 15.2. The lowest BCUT2D eigenvalue weighted by atomic mass is 10.1. The zero-order chi connectivity index (χ0) is 13.7. The van der Waals surface area contributed by atoms with Crippen LogP contribution in [0, 0.1) is 12.9 Å². The lowest BCUT2D eigenvalue weighted by molar-refractivity contribution is 0.0949. The quantitative estimate of drug-likeness (QED) is 0.856. The lowest BCUT2D eigenvalue weighted by Gasteiger charge is -2.07. The van der Waals surface area contributed by atoms with E-state index >= 15 is 0 Å². The Kier molecular flexibility index (Phi) is 4.23. The first kappa shape index (κ1) is 13.2. The molecular weight excluding hydrogens is 243 g/mol. The third-order valence-electron chi connectivity index (χ3n) is 2.94. The van der Waals surface area contributed by atoms with Gasteiger partial charge in [-0.2, -0.15) is 4.39 Å². The number of aromatic nitrogens is 1. The molecule has 0 saturated carbocycles. The summed E-state index contributed by atoms with van der Waals surface area (Å²) in [6, 6.07) is 10.9. The number of pyridine rings is 1. The van der Waals surface area contributed by atoms with Gasteiger partial charge in [0.1, 0.15) is 0 Å². The molecule has 0 aliphatic rings. The van der Waals surface area contributed by atoms with Crippen molar-refractivity contribution in [2.45, 2.75) is 13.3 Å². The first-order valence-electron chi connectivity index (χ1n) is 6.11. The molecule has 0 saturated heterocycles. The molecule has 4 heteroatoms. The van der Waals surface area contributed by atoms with Crippen LogP contribution in [0.4, 0.5) is 4.39 Å². The molecule has 1 aromatic heterocycles. The molecule has 0 fully saturated rings. The van der Waals surface area contributed by atoms with Crippen LogP contribution in [0.15, 0.2) is 42.6 Å². The summed E-state index contributed by atoms with van der Waals surface area (Å²) in [5, 5.41) is 2.70. The fraction of sp³-hybridized carbons (Fsp3) is 0.200. The van der Waals surface area contributed by atoms with Gasteiger partial charge in [0.25, 0.3) is 5.91 Å². The fourth-order valence-corrected chi connectivity index (χ4v) is 1.85. The Morgan fingerprint density at radius 1 is 1.26 bits per heavy atom. The van der Waals surface area contributed by atoms with E-state index in [-0.39, 0.29) is 5.56 Å². The fourth-order valence-electron chi connectivity index (χ4n) is 1.85. The van der Waals surface area contributed by atoms with Gasteiger partial charge in [0.2, 0.25) is 5.95 Å². The molecule has 2 rings (SSSR count). The van der Waals surface area contributed by atoms with Gasteiger partial charge in [-0.1, -0.05) is 24.3 Å². The predicted octanol–water partition coefficient (Wildman–Crippen LogP) is 2.50. The Morgan fingerprint density at radius 3 is 2.79 bits per heavy atom. The monoisotopic (exact) mass is 258 g/mol. The molecule has 19 heavy (non-hydrogen) atoms. The Labute approximate surface area is 111 Å². The molecule has 1 amide bonds. The van der Waals surface area contributed by atoms with Crippen LogP contribution < -0.4 is 5.32 Å². The highest BCUT2D eigenvalue weighted by Crippen LogP contribution is 2.07. The van der Waals surface area contributed by atoms with Crippen molar-refractivity contribution in [3.05, 3.63) is 65.2 Å². The summed E-state index contributed by atoms with van der Waals surface area (Å²) >= 11 is 0. The highest BCUT2D eigenvalue weighted by molar-refractivity contribution is 5.94. The van der Waals surface area contributed by atoms with Gasteiger partial charge in [-0.25, -0.2) is 4.98 Å². The maximum atomic E-state index is 13.3. The SMILES string of the molecule is Cc1ccccc1CCNC(=O)c1cccnc1F. The van der Waals surface area contributed by atoms with Crippen LogP contribution >= 0.6 is 0 Å². The number of nitrogens with zero attached hydrogens (tertiary/aromatic N) is 1. The molecule has 0 spiro atoms. The Bertz CT molecular complexity index is 584. The minimum absolute atomic E-state index is 0.0210. The predicted molar refractivity (Wildman–Crippen MR) is 71.4 cm³/mol. The molecule has 2 aromatic rings. The van der Waals surface area contributed by atoms with E-state index in [4.69, 9.17) is 0 Å². The van der Waals surface area contributed by atoms with Gasteiger partial charge < -0.3 is 5.32 Å². The molecule has 98 valence electrons. The number of amides is 1. The van der Waals surface area contributed by atoms with Gasteiger partial charge in [0, 0.05) is 12.7 Å². The number of nitrogens with one attached hydrogen (secondary N) is 1. The van der Waals surface area contributed by atoms with E-state index in [0.29, 0.717) is 6.54 Å². The summed E-state index contributed by atoms with van der Waals surface area (Å²) in [5.41, 5.74) is 2.34. The largest absolute Gasteiger partial charge is 0.352 e. The Balaban J connectivity index is 1.92. The zero-order valence-electron chi connectivity index (χ0n) is 10.7. The summed E-state index contributed by atoms with van der Waals surface area (Å²) < 4.78 is 13.3. The third-order valence-corrected chi connectivity index (χ3v) is 2.94. The Hall–Kier alpha value is -2.23. The van der Waals surface area contributed by atoms with Crippen molar-refractivity contribution in [1.82, 2.24) is 10.3 Å². The zero-order valence-corrected chi connectivity index (χ0v) is 10.7. The summed E-state index contributed by atoms with van der Waals surface area (Å²) in [7, 11) is 0. The number of aryl methyl sites for hydroxylation is 1. The van der Waals surface area contributed by atoms with Gasteiger partial charge in [-0.05, 0) is 36.6 Å². The first-order valence-corrected chi connectivity index (χ1v) is 6.11. The summed E-state index contributed by atoms with van der Waals surface area (Å²) in [6.07, 6.45) is 2.04. The molecule has 0 aliphatic carbocycles. The van der Waals surface area contributed by atoms with Crippen LogP contribution in [-0.4, -0.2) is 17.4 Å². The number of halogens is 1. The number of rotatable bonds is 4. The van der Waals surface area contributed by atoms with Crippen LogP contribution in [0.1, 0.15) is 21.5 Å². The van der Waals surface area contributed by atoms with E-state index in [1.807, 2.05) is 31.2 Å². The minimum atomic E-state index is -0.740. The maximum absolute atomic E-state index is 13.3. The van der Waals surface area contributed by atoms with E-state index < -0.39 is 11.9 Å². The second kappa shape index (κ2) is 6.09. The smallest absolute Gasteiger partial charge is 0.255 e. The van der Waals surface area contributed by atoms with Crippen molar-refractivity contribution in [3.63, 3.8) is 0 Å². The Morgan fingerprint density at radius 2 is 2.05 bits per heavy atom. The maximum Gasteiger partial charge on any atom is 0.255 e. The van der Waals surface area contributed by atoms with E-state index in [2.05, 4.69) is 10.3 Å². The van der Waals surface area contributed by atoms with E-state index in [9.17, 15) is 9.18 Å². The summed E-state index contributed by atoms with van der Waals surface area (Å²) in [6.45, 7) is 2.50. The van der Waals surface area contributed by atoms with Crippen molar-refractivity contribution in [3.8, 4) is 0 Å². The lowest BCUT2D eigenvalue weighted by Crippen LogP contribution is -2.26. The second-order valence-electron chi connectivity index (χ2n) is 4.27. The van der Waals surface area contributed by atoms with Crippen molar-refractivity contribution in [1.29, 1.82) is 0 Å². The molecule has 0 unspecified atom stereocenters. The molecule has 0 atom stereocenters. The molecule has 1 aromatic carbocycles. The second-order valence-corrected chi connectivity index (χ2v) is 4.27. The number of hydrogen-bond acceptors (Lipinski definition) is 2. The molecule has 0 radical (unpaired) electrons. The van der Waals surface area contributed by atoms with Crippen LogP contribution in [0.25, 0.3) is 0 Å². The molecule has 0 aliphatic heterocycles. The topological polar surface area (TPSA) is 42.0 Å². The number of carbonyl (C=O) groups excluding carboxylic acids is 1. The summed E-state index contributed by atoms with van der Waals surface area (Å²) in [5.74, 6) is -1.17. The van der Waals surface area contributed by atoms with Crippen molar-refractivity contribution < 1.29 is 9.18 Å². The van der Waals surface area contributed by atoms with E-state index in [1.54, 1.807) is 6.07 Å². The standard InChI is InChI=1S/C15H15FN2O/c1-11-5-2-3-6-12(11)8-10-18-15(19)13-7-4-9-17-14(13)16/h2-7,9H,8,10H2,1H3,(H,18,19). The van der Waals surface area contributed by atoms with Crippen molar-refractivity contribution >= 4 is 5.91 Å². The van der Waals surface area contributed by atoms with Gasteiger partial charge in [0.15, 0.2) is 0 Å². The van der Waals surface area contributed by atoms with Crippen LogP contribution in [0.3, 0.4) is 0 Å². The number of hydrogen-bond donors (Lipinski definition) is 1. The van der Waals surface area contributed by atoms with Crippen LogP contribution in [0.2, 0.25) is 0 Å². The molecular formula is C15H15FN2O. The average Bonchev–Trinajstić information content (AvgIpc) is 2.41.